The Labute approximate surface area is 94.0 Å². The monoisotopic (exact) mass is 208 g/mol. The molecule has 0 saturated heterocycles. The molecule has 3 rings (SSSR count). The number of rotatable bonds is 1. The van der Waals surface area contributed by atoms with Gasteiger partial charge in [0.2, 0.25) is 0 Å². The van der Waals surface area contributed by atoms with E-state index < -0.39 is 0 Å². The quantitative estimate of drug-likeness (QED) is 0.651. The van der Waals surface area contributed by atoms with E-state index in [1.165, 1.54) is 10.9 Å². The number of benzene rings is 1. The molecule has 78 valence electrons. The second-order valence-corrected chi connectivity index (χ2v) is 3.99. The minimum Gasteiger partial charge on any atom is -0.367 e. The second kappa shape index (κ2) is 3.49. The molecule has 0 fully saturated rings. The van der Waals surface area contributed by atoms with Gasteiger partial charge >= 0.3 is 0 Å². The molecule has 1 aromatic carbocycles. The molecule has 1 N–H and O–H groups in total. The largest absolute Gasteiger partial charge is 0.367 e. The van der Waals surface area contributed by atoms with E-state index in [0.717, 1.165) is 16.8 Å². The van der Waals surface area contributed by atoms with Crippen LogP contribution in [0.5, 0.6) is 0 Å². The van der Waals surface area contributed by atoms with Gasteiger partial charge in [-0.05, 0) is 31.2 Å². The minimum atomic E-state index is 1.01. The summed E-state index contributed by atoms with van der Waals surface area (Å²) in [5.74, 6) is 0. The summed E-state index contributed by atoms with van der Waals surface area (Å²) >= 11 is 0. The molecule has 0 aliphatic carbocycles. The van der Waals surface area contributed by atoms with Crippen molar-refractivity contribution in [2.75, 3.05) is 0 Å². The van der Waals surface area contributed by atoms with Crippen LogP contribution < -0.4 is 0 Å². The van der Waals surface area contributed by atoms with Gasteiger partial charge in [-0.25, -0.2) is 4.98 Å². The van der Waals surface area contributed by atoms with Gasteiger partial charge in [-0.15, -0.1) is 0 Å². The molecule has 2 aromatic heterocycles. The summed E-state index contributed by atoms with van der Waals surface area (Å²) in [7, 11) is 0. The molecular formula is C14H12N2. The van der Waals surface area contributed by atoms with Gasteiger partial charge in [0.25, 0.3) is 0 Å². The van der Waals surface area contributed by atoms with Crippen molar-refractivity contribution < 1.29 is 0 Å². The maximum atomic E-state index is 4.64. The van der Waals surface area contributed by atoms with Crippen LogP contribution in [0.3, 0.4) is 0 Å². The van der Waals surface area contributed by atoms with E-state index in [0.29, 0.717) is 0 Å². The fourth-order valence-corrected chi connectivity index (χ4v) is 1.89. The predicted octanol–water partition coefficient (Wildman–Crippen LogP) is 3.54. The Hall–Kier alpha value is -2.09. The Morgan fingerprint density at radius 2 is 2.00 bits per heavy atom. The predicted molar refractivity (Wildman–Crippen MR) is 66.3 cm³/mol. The fraction of sp³-hybridized carbons (Fsp3) is 0.0714. The molecule has 0 amide bonds. The third-order valence-electron chi connectivity index (χ3n) is 2.74. The lowest BCUT2D eigenvalue weighted by atomic mass is 10.1. The number of fused-ring (bicyclic) bond motifs is 1. The van der Waals surface area contributed by atoms with Gasteiger partial charge in [0.05, 0.1) is 11.2 Å². The zero-order chi connectivity index (χ0) is 11.0. The zero-order valence-corrected chi connectivity index (χ0v) is 9.07. The number of hydrogen-bond acceptors (Lipinski definition) is 1. The third-order valence-corrected chi connectivity index (χ3v) is 2.74. The zero-order valence-electron chi connectivity index (χ0n) is 9.07. The number of aromatic nitrogens is 2. The molecule has 0 unspecified atom stereocenters. The average molecular weight is 208 g/mol. The average Bonchev–Trinajstić information content (AvgIpc) is 2.82. The number of pyridine rings is 1. The maximum Gasteiger partial charge on any atom is 0.0724 e. The van der Waals surface area contributed by atoms with Crippen molar-refractivity contribution in [1.82, 2.24) is 9.97 Å². The van der Waals surface area contributed by atoms with E-state index in [1.54, 1.807) is 0 Å². The van der Waals surface area contributed by atoms with Crippen molar-refractivity contribution in [3.05, 3.63) is 54.4 Å². The summed E-state index contributed by atoms with van der Waals surface area (Å²) in [5.41, 5.74) is 4.45. The Bertz CT molecular complexity index is 624. The van der Waals surface area contributed by atoms with Crippen molar-refractivity contribution in [2.24, 2.45) is 0 Å². The van der Waals surface area contributed by atoms with Gasteiger partial charge in [0, 0.05) is 23.3 Å². The van der Waals surface area contributed by atoms with E-state index >= 15 is 0 Å². The minimum absolute atomic E-state index is 1.01. The third kappa shape index (κ3) is 1.48. The van der Waals surface area contributed by atoms with Crippen LogP contribution in [-0.4, -0.2) is 9.97 Å². The number of H-pyrrole nitrogens is 1. The topological polar surface area (TPSA) is 28.7 Å². The number of hydrogen-bond donors (Lipinski definition) is 1. The van der Waals surface area contributed by atoms with E-state index in [1.807, 2.05) is 18.5 Å². The van der Waals surface area contributed by atoms with Crippen molar-refractivity contribution >= 4 is 10.9 Å². The van der Waals surface area contributed by atoms with Crippen LogP contribution >= 0.6 is 0 Å². The molecule has 0 aliphatic heterocycles. The van der Waals surface area contributed by atoms with E-state index in [2.05, 4.69) is 47.2 Å². The summed E-state index contributed by atoms with van der Waals surface area (Å²) in [5, 5.41) is 1.19. The molecule has 3 aromatic rings. The highest BCUT2D eigenvalue weighted by atomic mass is 14.7. The van der Waals surface area contributed by atoms with Crippen molar-refractivity contribution in [3.63, 3.8) is 0 Å². The number of aryl methyl sites for hydroxylation is 1. The van der Waals surface area contributed by atoms with Crippen LogP contribution in [0.25, 0.3) is 22.2 Å². The van der Waals surface area contributed by atoms with Crippen molar-refractivity contribution in [2.45, 2.75) is 6.92 Å². The van der Waals surface area contributed by atoms with Crippen LogP contribution in [0, 0.1) is 6.92 Å². The summed E-state index contributed by atoms with van der Waals surface area (Å²) < 4.78 is 0. The van der Waals surface area contributed by atoms with Crippen LogP contribution in [0.1, 0.15) is 5.56 Å². The lowest BCUT2D eigenvalue weighted by Crippen LogP contribution is -1.84. The number of aromatic amines is 1. The van der Waals surface area contributed by atoms with Gasteiger partial charge in [-0.1, -0.05) is 17.7 Å². The molecule has 0 spiro atoms. The van der Waals surface area contributed by atoms with Gasteiger partial charge in [0.1, 0.15) is 0 Å². The highest BCUT2D eigenvalue weighted by molar-refractivity contribution is 5.82. The second-order valence-electron chi connectivity index (χ2n) is 3.99. The summed E-state index contributed by atoms with van der Waals surface area (Å²) in [6.45, 7) is 2.10. The first-order chi connectivity index (χ1) is 7.83. The van der Waals surface area contributed by atoms with Crippen LogP contribution in [-0.2, 0) is 0 Å². The molecule has 0 aliphatic rings. The first-order valence-electron chi connectivity index (χ1n) is 5.33. The molecule has 0 bridgehead atoms. The molecule has 16 heavy (non-hydrogen) atoms. The number of nitrogens with zero attached hydrogens (tertiary/aromatic N) is 1. The van der Waals surface area contributed by atoms with Crippen molar-refractivity contribution in [3.8, 4) is 11.3 Å². The summed E-state index contributed by atoms with van der Waals surface area (Å²) in [6.07, 6.45) is 3.87. The van der Waals surface area contributed by atoms with Gasteiger partial charge in [-0.2, -0.15) is 0 Å². The van der Waals surface area contributed by atoms with Crippen LogP contribution in [0.15, 0.2) is 48.8 Å². The molecular weight excluding hydrogens is 196 g/mol. The van der Waals surface area contributed by atoms with Crippen molar-refractivity contribution in [1.29, 1.82) is 0 Å². The Morgan fingerprint density at radius 1 is 1.06 bits per heavy atom. The van der Waals surface area contributed by atoms with E-state index in [4.69, 9.17) is 0 Å². The lowest BCUT2D eigenvalue weighted by molar-refractivity contribution is 1.37. The van der Waals surface area contributed by atoms with E-state index in [-0.39, 0.29) is 0 Å². The van der Waals surface area contributed by atoms with Gasteiger partial charge in [-0.3, -0.25) is 0 Å². The standard InChI is InChI=1S/C14H12N2/c1-10-2-4-13-11(8-10)3-5-14(16-13)12-6-7-15-9-12/h2-9,15H,1H3. The lowest BCUT2D eigenvalue weighted by Gasteiger charge is -2.01. The summed E-state index contributed by atoms with van der Waals surface area (Å²) in [6, 6.07) is 12.5. The molecule has 0 radical (unpaired) electrons. The molecule has 2 heteroatoms. The van der Waals surface area contributed by atoms with Gasteiger partial charge in [0.15, 0.2) is 0 Å². The highest BCUT2D eigenvalue weighted by Gasteiger charge is 2.01. The van der Waals surface area contributed by atoms with Gasteiger partial charge < -0.3 is 4.98 Å². The highest BCUT2D eigenvalue weighted by Crippen LogP contribution is 2.20. The molecule has 2 heterocycles. The SMILES string of the molecule is Cc1ccc2nc(-c3cc[nH]c3)ccc2c1. The molecule has 0 atom stereocenters. The Morgan fingerprint density at radius 3 is 2.81 bits per heavy atom. The van der Waals surface area contributed by atoms with Crippen LogP contribution in [0.2, 0.25) is 0 Å². The maximum absolute atomic E-state index is 4.64. The summed E-state index contributed by atoms with van der Waals surface area (Å²) in [4.78, 5) is 7.68. The normalized spacial score (nSPS) is 10.8. The smallest absolute Gasteiger partial charge is 0.0724 e. The Balaban J connectivity index is 2.20. The number of nitrogens with one attached hydrogen (secondary N) is 1. The first kappa shape index (κ1) is 9.16. The molecule has 2 nitrogen and oxygen atoms in total. The van der Waals surface area contributed by atoms with Crippen LogP contribution in [0.4, 0.5) is 0 Å². The molecule has 0 saturated carbocycles. The van der Waals surface area contributed by atoms with E-state index in [9.17, 15) is 0 Å². The Kier molecular flexibility index (Phi) is 2.00. The fourth-order valence-electron chi connectivity index (χ4n) is 1.89. The first-order valence-corrected chi connectivity index (χ1v) is 5.33.